The zero-order valence-electron chi connectivity index (χ0n) is 42.3. The normalized spacial score (nSPS) is 13.6. The van der Waals surface area contributed by atoms with E-state index in [0.717, 1.165) is 70.6 Å². The lowest BCUT2D eigenvalue weighted by Gasteiger charge is -2.19. The molecule has 0 aromatic carbocycles. The second-order valence-corrected chi connectivity index (χ2v) is 18.2. The highest BCUT2D eigenvalue weighted by molar-refractivity contribution is 5.76. The quantitative estimate of drug-likeness (QED) is 0.0421. The SMILES string of the molecule is CC/C=C\C/C=C\C/C=C\C/C=C\C/C=C\CCCCCCCCCCCCCCCCCC(=O)NC(CO)C(O)/C=C/CC/C=C/CC/C=C/CCCCCCCCCCCCC. The Morgan fingerprint density at radius 2 is 0.703 bits per heavy atom. The van der Waals surface area contributed by atoms with Gasteiger partial charge in [0, 0.05) is 6.42 Å². The van der Waals surface area contributed by atoms with Crippen molar-refractivity contribution in [3.8, 4) is 0 Å². The Labute approximate surface area is 398 Å². The number of rotatable bonds is 49. The van der Waals surface area contributed by atoms with Crippen molar-refractivity contribution in [1.82, 2.24) is 5.32 Å². The Bertz CT molecular complexity index is 1190. The Morgan fingerprint density at radius 3 is 1.09 bits per heavy atom. The van der Waals surface area contributed by atoms with Gasteiger partial charge in [0.2, 0.25) is 5.91 Å². The van der Waals surface area contributed by atoms with E-state index in [4.69, 9.17) is 0 Å². The summed E-state index contributed by atoms with van der Waals surface area (Å²) in [6.45, 7) is 4.19. The lowest BCUT2D eigenvalue weighted by Crippen LogP contribution is -2.45. The number of hydrogen-bond acceptors (Lipinski definition) is 3. The van der Waals surface area contributed by atoms with Gasteiger partial charge in [-0.2, -0.15) is 0 Å². The summed E-state index contributed by atoms with van der Waals surface area (Å²) in [7, 11) is 0. The summed E-state index contributed by atoms with van der Waals surface area (Å²) in [5.41, 5.74) is 0. The van der Waals surface area contributed by atoms with Crippen LogP contribution in [-0.2, 0) is 4.79 Å². The smallest absolute Gasteiger partial charge is 0.220 e. The molecule has 0 rings (SSSR count). The third-order valence-electron chi connectivity index (χ3n) is 12.0. The Hall–Kier alpha value is -2.69. The van der Waals surface area contributed by atoms with Crippen LogP contribution in [0.1, 0.15) is 258 Å². The standard InChI is InChI=1S/C60H105NO3/c1-3-5-7-9-11-13-15-17-19-21-23-25-26-27-28-29-30-31-32-33-34-36-38-40-42-44-46-48-50-52-54-56-60(64)61-58(57-62)59(63)55-53-51-49-47-45-43-41-39-37-35-24-22-20-18-16-14-12-10-8-6-4-2/h5,7,11,13,17,19,23,25,27-28,37,39,45,47,53,55,58-59,62-63H,3-4,6,8-10,12,14-16,18,20-22,24,26,29-36,38,40-44,46,48-52,54,56-57H2,1-2H3,(H,61,64)/b7-5-,13-11-,19-17-,25-23-,28-27-,39-37+,47-45+,55-53+. The first-order chi connectivity index (χ1) is 31.7. The topological polar surface area (TPSA) is 69.6 Å². The summed E-state index contributed by atoms with van der Waals surface area (Å²) in [5.74, 6) is -0.0800. The van der Waals surface area contributed by atoms with Crippen LogP contribution in [0.4, 0.5) is 0 Å². The molecule has 0 aliphatic carbocycles. The highest BCUT2D eigenvalue weighted by Crippen LogP contribution is 2.15. The van der Waals surface area contributed by atoms with E-state index in [1.165, 1.54) is 167 Å². The number of carbonyl (C=O) groups excluding carboxylic acids is 1. The minimum absolute atomic E-state index is 0.0800. The highest BCUT2D eigenvalue weighted by atomic mass is 16.3. The van der Waals surface area contributed by atoms with Crippen LogP contribution in [0, 0.1) is 0 Å². The first-order valence-electron chi connectivity index (χ1n) is 27.5. The lowest BCUT2D eigenvalue weighted by molar-refractivity contribution is -0.123. The molecule has 2 unspecified atom stereocenters. The minimum atomic E-state index is -0.875. The van der Waals surface area contributed by atoms with Crippen molar-refractivity contribution in [3.05, 3.63) is 97.2 Å². The summed E-state index contributed by atoms with van der Waals surface area (Å²) < 4.78 is 0. The maximum Gasteiger partial charge on any atom is 0.220 e. The molecule has 0 saturated heterocycles. The molecule has 0 spiro atoms. The molecule has 0 aliphatic heterocycles. The number of amides is 1. The zero-order valence-corrected chi connectivity index (χ0v) is 42.3. The van der Waals surface area contributed by atoms with Gasteiger partial charge in [-0.25, -0.2) is 0 Å². The van der Waals surface area contributed by atoms with Gasteiger partial charge in [0.05, 0.1) is 18.8 Å². The second kappa shape index (κ2) is 54.6. The largest absolute Gasteiger partial charge is 0.394 e. The van der Waals surface area contributed by atoms with E-state index in [0.29, 0.717) is 6.42 Å². The van der Waals surface area contributed by atoms with Gasteiger partial charge in [-0.15, -0.1) is 0 Å². The van der Waals surface area contributed by atoms with Gasteiger partial charge in [0.25, 0.3) is 0 Å². The molecule has 64 heavy (non-hydrogen) atoms. The van der Waals surface area contributed by atoms with Crippen molar-refractivity contribution in [2.45, 2.75) is 270 Å². The second-order valence-electron chi connectivity index (χ2n) is 18.2. The average Bonchev–Trinajstić information content (AvgIpc) is 3.30. The van der Waals surface area contributed by atoms with E-state index < -0.39 is 12.1 Å². The molecule has 2 atom stereocenters. The summed E-state index contributed by atoms with van der Waals surface area (Å²) >= 11 is 0. The van der Waals surface area contributed by atoms with Crippen LogP contribution in [0.15, 0.2) is 97.2 Å². The Morgan fingerprint density at radius 1 is 0.391 bits per heavy atom. The number of aliphatic hydroxyl groups excluding tert-OH is 2. The monoisotopic (exact) mass is 888 g/mol. The maximum absolute atomic E-state index is 12.5. The van der Waals surface area contributed by atoms with E-state index in [1.807, 2.05) is 6.08 Å². The minimum Gasteiger partial charge on any atom is -0.394 e. The van der Waals surface area contributed by atoms with Crippen molar-refractivity contribution >= 4 is 5.91 Å². The van der Waals surface area contributed by atoms with Crippen molar-refractivity contribution in [1.29, 1.82) is 0 Å². The number of allylic oxidation sites excluding steroid dienone is 15. The number of carbonyl (C=O) groups is 1. The van der Waals surface area contributed by atoms with Crippen LogP contribution < -0.4 is 5.32 Å². The van der Waals surface area contributed by atoms with Crippen LogP contribution in [0.3, 0.4) is 0 Å². The number of aliphatic hydroxyl groups is 2. The average molecular weight is 889 g/mol. The summed E-state index contributed by atoms with van der Waals surface area (Å²) in [4.78, 5) is 12.5. The number of nitrogens with one attached hydrogen (secondary N) is 1. The fourth-order valence-corrected chi connectivity index (χ4v) is 7.88. The van der Waals surface area contributed by atoms with Crippen LogP contribution in [0.2, 0.25) is 0 Å². The zero-order chi connectivity index (χ0) is 46.3. The van der Waals surface area contributed by atoms with E-state index in [1.54, 1.807) is 6.08 Å². The van der Waals surface area contributed by atoms with Crippen molar-refractivity contribution in [2.75, 3.05) is 6.61 Å². The van der Waals surface area contributed by atoms with Crippen LogP contribution in [0.25, 0.3) is 0 Å². The van der Waals surface area contributed by atoms with Gasteiger partial charge in [-0.05, 0) is 89.9 Å². The lowest BCUT2D eigenvalue weighted by atomic mass is 10.0. The molecule has 0 radical (unpaired) electrons. The molecular formula is C60H105NO3. The van der Waals surface area contributed by atoms with Crippen molar-refractivity contribution < 1.29 is 15.0 Å². The van der Waals surface area contributed by atoms with Crippen molar-refractivity contribution in [3.63, 3.8) is 0 Å². The molecule has 1 amide bonds. The van der Waals surface area contributed by atoms with Crippen molar-refractivity contribution in [2.24, 2.45) is 0 Å². The molecule has 3 N–H and O–H groups in total. The third kappa shape index (κ3) is 50.3. The third-order valence-corrected chi connectivity index (χ3v) is 12.0. The van der Waals surface area contributed by atoms with Gasteiger partial charge in [0.15, 0.2) is 0 Å². The fraction of sp³-hybridized carbons (Fsp3) is 0.717. The molecule has 0 bridgehead atoms. The highest BCUT2D eigenvalue weighted by Gasteiger charge is 2.17. The molecule has 4 nitrogen and oxygen atoms in total. The molecule has 0 saturated carbocycles. The summed E-state index contributed by atoms with van der Waals surface area (Å²) in [6.07, 6.45) is 81.3. The molecular weight excluding hydrogens is 783 g/mol. The van der Waals surface area contributed by atoms with Crippen LogP contribution in [0.5, 0.6) is 0 Å². The Kier molecular flexibility index (Phi) is 52.3. The van der Waals surface area contributed by atoms with E-state index in [2.05, 4.69) is 104 Å². The van der Waals surface area contributed by atoms with Gasteiger partial charge in [-0.3, -0.25) is 4.79 Å². The summed E-state index contributed by atoms with van der Waals surface area (Å²) in [5, 5.41) is 23.1. The first-order valence-corrected chi connectivity index (χ1v) is 27.5. The van der Waals surface area contributed by atoms with Crippen LogP contribution in [-0.4, -0.2) is 34.9 Å². The maximum atomic E-state index is 12.5. The van der Waals surface area contributed by atoms with E-state index in [9.17, 15) is 15.0 Å². The summed E-state index contributed by atoms with van der Waals surface area (Å²) in [6, 6.07) is -0.651. The molecule has 0 aromatic heterocycles. The van der Waals surface area contributed by atoms with E-state index >= 15 is 0 Å². The molecule has 0 fully saturated rings. The molecule has 0 aromatic rings. The first kappa shape index (κ1) is 61.3. The Balaban J connectivity index is 3.58. The predicted molar refractivity (Wildman–Crippen MR) is 285 cm³/mol. The molecule has 4 heteroatoms. The van der Waals surface area contributed by atoms with E-state index in [-0.39, 0.29) is 12.5 Å². The molecule has 0 heterocycles. The van der Waals surface area contributed by atoms with Gasteiger partial charge in [0.1, 0.15) is 0 Å². The van der Waals surface area contributed by atoms with Gasteiger partial charge < -0.3 is 15.5 Å². The van der Waals surface area contributed by atoms with Crippen LogP contribution >= 0.6 is 0 Å². The van der Waals surface area contributed by atoms with Gasteiger partial charge in [-0.1, -0.05) is 259 Å². The van der Waals surface area contributed by atoms with Gasteiger partial charge >= 0.3 is 0 Å². The molecule has 0 aliphatic rings. The predicted octanol–water partition coefficient (Wildman–Crippen LogP) is 18.1. The number of hydrogen-bond donors (Lipinski definition) is 3. The number of unbranched alkanes of at least 4 members (excludes halogenated alkanes) is 28. The molecule has 368 valence electrons. The fourth-order valence-electron chi connectivity index (χ4n) is 7.88.